The second-order valence-electron chi connectivity index (χ2n) is 4.48. The first-order valence-electron chi connectivity index (χ1n) is 6.14. The third-order valence-corrected chi connectivity index (χ3v) is 3.91. The molecule has 108 valence electrons. The topological polar surface area (TPSA) is 46.9 Å². The Hall–Kier alpha value is -0.890. The van der Waals surface area contributed by atoms with E-state index < -0.39 is 0 Å². The van der Waals surface area contributed by atoms with E-state index in [0.29, 0.717) is 33.5 Å². The molecule has 7 heteroatoms. The lowest BCUT2D eigenvalue weighted by Gasteiger charge is -2.10. The normalized spacial score (nSPS) is 12.7. The molecule has 2 aromatic rings. The van der Waals surface area contributed by atoms with Crippen LogP contribution >= 0.6 is 34.2 Å². The van der Waals surface area contributed by atoms with Crippen molar-refractivity contribution in [3.8, 4) is 0 Å². The lowest BCUT2D eigenvalue weighted by atomic mass is 10.3. The van der Waals surface area contributed by atoms with Crippen LogP contribution in [0.25, 0.3) is 11.0 Å². The van der Waals surface area contributed by atoms with E-state index in [0.717, 1.165) is 0 Å². The van der Waals surface area contributed by atoms with Crippen molar-refractivity contribution in [1.82, 2.24) is 14.9 Å². The fraction of sp³-hybridized carbons (Fsp3) is 0.385. The highest BCUT2D eigenvalue weighted by Gasteiger charge is 2.16. The van der Waals surface area contributed by atoms with E-state index in [1.54, 1.807) is 6.07 Å². The first kappa shape index (κ1) is 15.5. The van der Waals surface area contributed by atoms with Gasteiger partial charge in [0.25, 0.3) is 0 Å². The maximum Gasteiger partial charge on any atom is 0.216 e. The van der Waals surface area contributed by atoms with E-state index in [1.165, 1.54) is 13.0 Å². The molecular weight excluding hydrogens is 396 g/mol. The van der Waals surface area contributed by atoms with Gasteiger partial charge >= 0.3 is 0 Å². The van der Waals surface area contributed by atoms with Gasteiger partial charge in [-0.3, -0.25) is 4.79 Å². The molecule has 0 bridgehead atoms. The standard InChI is InChI=1S/C13H14ClFIN3O/c1-7(14)13-18-11-6-10(16)9(15)5-12(11)19(13)4-3-17-8(2)20/h5-7H,3-4H2,1-2H3,(H,17,20). The number of alkyl halides is 1. The maximum absolute atomic E-state index is 13.7. The monoisotopic (exact) mass is 409 g/mol. The Morgan fingerprint density at radius 2 is 2.30 bits per heavy atom. The quantitative estimate of drug-likeness (QED) is 0.623. The first-order valence-corrected chi connectivity index (χ1v) is 7.65. The number of aromatic nitrogens is 2. The summed E-state index contributed by atoms with van der Waals surface area (Å²) in [6, 6.07) is 3.16. The number of rotatable bonds is 4. The Bertz CT molecular complexity index is 657. The van der Waals surface area contributed by atoms with Crippen molar-refractivity contribution < 1.29 is 9.18 Å². The number of amides is 1. The molecule has 1 atom stereocenters. The molecule has 0 spiro atoms. The number of benzene rings is 1. The lowest BCUT2D eigenvalue weighted by Crippen LogP contribution is -2.25. The van der Waals surface area contributed by atoms with Crippen LogP contribution in [-0.2, 0) is 11.3 Å². The van der Waals surface area contributed by atoms with Crippen LogP contribution < -0.4 is 5.32 Å². The average Bonchev–Trinajstić information content (AvgIpc) is 2.68. The zero-order valence-electron chi connectivity index (χ0n) is 11.1. The van der Waals surface area contributed by atoms with Gasteiger partial charge in [0.2, 0.25) is 5.91 Å². The highest BCUT2D eigenvalue weighted by Crippen LogP contribution is 2.26. The number of carbonyl (C=O) groups excluding carboxylic acids is 1. The number of nitrogens with zero attached hydrogens (tertiary/aromatic N) is 2. The number of halogens is 3. The Morgan fingerprint density at radius 3 is 2.90 bits per heavy atom. The van der Waals surface area contributed by atoms with E-state index in [-0.39, 0.29) is 17.1 Å². The van der Waals surface area contributed by atoms with Crippen LogP contribution in [0.1, 0.15) is 25.0 Å². The molecule has 1 amide bonds. The summed E-state index contributed by atoms with van der Waals surface area (Å²) in [4.78, 5) is 15.4. The number of imidazole rings is 1. The van der Waals surface area contributed by atoms with Gasteiger partial charge in [-0.1, -0.05) is 0 Å². The van der Waals surface area contributed by atoms with Crippen LogP contribution in [0.5, 0.6) is 0 Å². The van der Waals surface area contributed by atoms with Crippen molar-refractivity contribution in [3.63, 3.8) is 0 Å². The molecule has 0 aliphatic heterocycles. The minimum atomic E-state index is -0.291. The van der Waals surface area contributed by atoms with Crippen LogP contribution in [0.2, 0.25) is 0 Å². The van der Waals surface area contributed by atoms with Crippen molar-refractivity contribution in [2.45, 2.75) is 25.8 Å². The van der Waals surface area contributed by atoms with Gasteiger partial charge in [0.15, 0.2) is 0 Å². The molecule has 0 radical (unpaired) electrons. The lowest BCUT2D eigenvalue weighted by molar-refractivity contribution is -0.118. The third-order valence-electron chi connectivity index (χ3n) is 2.88. The van der Waals surface area contributed by atoms with Gasteiger partial charge in [-0.2, -0.15) is 0 Å². The van der Waals surface area contributed by atoms with Crippen molar-refractivity contribution >= 4 is 51.1 Å². The van der Waals surface area contributed by atoms with Crippen LogP contribution in [0.15, 0.2) is 12.1 Å². The van der Waals surface area contributed by atoms with Gasteiger partial charge in [-0.25, -0.2) is 9.37 Å². The number of nitrogens with one attached hydrogen (secondary N) is 1. The van der Waals surface area contributed by atoms with E-state index >= 15 is 0 Å². The highest BCUT2D eigenvalue weighted by molar-refractivity contribution is 14.1. The molecule has 20 heavy (non-hydrogen) atoms. The second-order valence-corrected chi connectivity index (χ2v) is 6.29. The molecule has 0 saturated carbocycles. The molecule has 0 saturated heterocycles. The molecule has 1 unspecified atom stereocenters. The molecule has 1 aromatic heterocycles. The van der Waals surface area contributed by atoms with Crippen LogP contribution in [-0.4, -0.2) is 22.0 Å². The van der Waals surface area contributed by atoms with Crippen molar-refractivity contribution in [3.05, 3.63) is 27.3 Å². The Balaban J connectivity index is 2.45. The number of hydrogen-bond donors (Lipinski definition) is 1. The Labute approximate surface area is 134 Å². The smallest absolute Gasteiger partial charge is 0.216 e. The molecule has 0 fully saturated rings. The molecule has 1 N–H and O–H groups in total. The fourth-order valence-corrected chi connectivity index (χ4v) is 2.64. The third kappa shape index (κ3) is 3.22. The summed E-state index contributed by atoms with van der Waals surface area (Å²) in [5.41, 5.74) is 1.40. The van der Waals surface area contributed by atoms with Crippen molar-refractivity contribution in [2.75, 3.05) is 6.54 Å². The number of fused-ring (bicyclic) bond motifs is 1. The Kier molecular flexibility index (Phi) is 4.85. The minimum Gasteiger partial charge on any atom is -0.355 e. The van der Waals surface area contributed by atoms with Gasteiger partial charge in [0, 0.05) is 26.1 Å². The van der Waals surface area contributed by atoms with Crippen LogP contribution in [0.4, 0.5) is 4.39 Å². The summed E-state index contributed by atoms with van der Waals surface area (Å²) >= 11 is 8.07. The van der Waals surface area contributed by atoms with Crippen molar-refractivity contribution in [1.29, 1.82) is 0 Å². The SMILES string of the molecule is CC(=O)NCCn1c(C(C)Cl)nc2cc(I)c(F)cc21. The molecule has 1 aromatic carbocycles. The van der Waals surface area contributed by atoms with E-state index in [4.69, 9.17) is 11.6 Å². The number of hydrogen-bond acceptors (Lipinski definition) is 2. The zero-order valence-corrected chi connectivity index (χ0v) is 14.0. The molecule has 4 nitrogen and oxygen atoms in total. The molecule has 1 heterocycles. The zero-order chi connectivity index (χ0) is 14.9. The molecular formula is C13H14ClFIN3O. The molecule has 0 aliphatic rings. The molecule has 0 aliphatic carbocycles. The van der Waals surface area contributed by atoms with E-state index in [2.05, 4.69) is 10.3 Å². The summed E-state index contributed by atoms with van der Waals surface area (Å²) in [5, 5.41) is 2.42. The van der Waals surface area contributed by atoms with E-state index in [9.17, 15) is 9.18 Å². The van der Waals surface area contributed by atoms with Gasteiger partial charge in [-0.15, -0.1) is 11.6 Å². The predicted octanol–water partition coefficient (Wildman–Crippen LogP) is 3.22. The molecule has 2 rings (SSSR count). The second kappa shape index (κ2) is 6.26. The van der Waals surface area contributed by atoms with Crippen molar-refractivity contribution in [2.24, 2.45) is 0 Å². The fourth-order valence-electron chi connectivity index (χ4n) is 2.02. The Morgan fingerprint density at radius 1 is 1.60 bits per heavy atom. The van der Waals surface area contributed by atoms with Crippen LogP contribution in [0, 0.1) is 9.39 Å². The minimum absolute atomic E-state index is 0.101. The number of carbonyl (C=O) groups is 1. The first-order chi connectivity index (χ1) is 9.40. The average molecular weight is 410 g/mol. The van der Waals surface area contributed by atoms with Gasteiger partial charge in [-0.05, 0) is 35.6 Å². The van der Waals surface area contributed by atoms with Crippen LogP contribution in [0.3, 0.4) is 0 Å². The maximum atomic E-state index is 13.7. The summed E-state index contributed by atoms with van der Waals surface area (Å²) in [7, 11) is 0. The van der Waals surface area contributed by atoms with E-state index in [1.807, 2.05) is 34.1 Å². The summed E-state index contributed by atoms with van der Waals surface area (Å²) in [6.45, 7) is 4.23. The van der Waals surface area contributed by atoms with Gasteiger partial charge in [0.1, 0.15) is 11.6 Å². The van der Waals surface area contributed by atoms with Gasteiger partial charge < -0.3 is 9.88 Å². The summed E-state index contributed by atoms with van der Waals surface area (Å²) < 4.78 is 16.1. The summed E-state index contributed by atoms with van der Waals surface area (Å²) in [5.74, 6) is 0.289. The van der Waals surface area contributed by atoms with Gasteiger partial charge in [0.05, 0.1) is 20.0 Å². The summed E-state index contributed by atoms with van der Waals surface area (Å²) in [6.07, 6.45) is 0. The highest BCUT2D eigenvalue weighted by atomic mass is 127. The predicted molar refractivity (Wildman–Crippen MR) is 85.4 cm³/mol. The largest absolute Gasteiger partial charge is 0.355 e.